The Bertz CT molecular complexity index is 714. The summed E-state index contributed by atoms with van der Waals surface area (Å²) in [7, 11) is 0. The third kappa shape index (κ3) is 2.72. The predicted molar refractivity (Wildman–Crippen MR) is 104 cm³/mol. The highest BCUT2D eigenvalue weighted by Gasteiger charge is 2.65. The topological polar surface area (TPSA) is 83.8 Å². The molecule has 3 fully saturated rings. The van der Waals surface area contributed by atoms with Crippen molar-refractivity contribution >= 4 is 11.8 Å². The summed E-state index contributed by atoms with van der Waals surface area (Å²) in [5.41, 5.74) is -0.125. The maximum absolute atomic E-state index is 12.0. The van der Waals surface area contributed by atoms with Crippen LogP contribution in [0, 0.1) is 28.6 Å². The van der Waals surface area contributed by atoms with Gasteiger partial charge in [0.15, 0.2) is 5.78 Å². The molecule has 0 aromatic carbocycles. The first-order valence-electron chi connectivity index (χ1n) is 10.9. The highest BCUT2D eigenvalue weighted by molar-refractivity contribution is 5.91. The van der Waals surface area contributed by atoms with E-state index in [0.29, 0.717) is 30.6 Å². The van der Waals surface area contributed by atoms with Gasteiger partial charge in [-0.15, -0.1) is 0 Å². The van der Waals surface area contributed by atoms with Gasteiger partial charge in [-0.3, -0.25) is 9.59 Å². The van der Waals surface area contributed by atoms with E-state index in [1.165, 1.54) is 12.5 Å². The molecular weight excluding hydrogens is 356 g/mol. The maximum atomic E-state index is 12.0. The predicted octanol–water partition coefficient (Wildman–Crippen LogP) is 3.17. The second-order valence-electron chi connectivity index (χ2n) is 10.2. The van der Waals surface area contributed by atoms with Gasteiger partial charge in [-0.2, -0.15) is 0 Å². The van der Waals surface area contributed by atoms with Gasteiger partial charge < -0.3 is 14.9 Å². The standard InChI is InChI=1S/C23H34O5/c1-14(24)28-13-20(26)23(27)11-8-19-17-5-4-15-12-16(25)6-9-21(15,2)18(17)7-10-22(19,23)3/h12,17-20,26-27H,4-11,13H2,1-3H3/t17-,18+,19+,20?,21+,22+,23?/m1/s1. The molecule has 3 saturated carbocycles. The van der Waals surface area contributed by atoms with Crippen LogP contribution in [0.15, 0.2) is 11.6 Å². The molecule has 0 aromatic heterocycles. The van der Waals surface area contributed by atoms with Gasteiger partial charge in [0.1, 0.15) is 12.7 Å². The number of aliphatic hydroxyl groups excluding tert-OH is 1. The molecule has 7 atom stereocenters. The second-order valence-corrected chi connectivity index (χ2v) is 10.2. The Morgan fingerprint density at radius 3 is 2.61 bits per heavy atom. The van der Waals surface area contributed by atoms with Crippen molar-refractivity contribution in [3.63, 3.8) is 0 Å². The zero-order valence-corrected chi connectivity index (χ0v) is 17.4. The van der Waals surface area contributed by atoms with Crippen LogP contribution in [0.5, 0.6) is 0 Å². The van der Waals surface area contributed by atoms with Crippen LogP contribution < -0.4 is 0 Å². The largest absolute Gasteiger partial charge is 0.463 e. The first kappa shape index (κ1) is 20.1. The molecule has 0 spiro atoms. The lowest BCUT2D eigenvalue weighted by Crippen LogP contribution is -2.59. The zero-order chi connectivity index (χ0) is 20.3. The van der Waals surface area contributed by atoms with Gasteiger partial charge in [0, 0.05) is 18.8 Å². The van der Waals surface area contributed by atoms with Crippen LogP contribution in [0.2, 0.25) is 0 Å². The Kier molecular flexibility index (Phi) is 4.78. The lowest BCUT2D eigenvalue weighted by atomic mass is 9.46. The first-order valence-corrected chi connectivity index (χ1v) is 10.9. The molecule has 0 heterocycles. The number of ether oxygens (including phenoxy) is 1. The van der Waals surface area contributed by atoms with E-state index >= 15 is 0 Å². The summed E-state index contributed by atoms with van der Waals surface area (Å²) >= 11 is 0. The third-order valence-electron chi connectivity index (χ3n) is 9.17. The van der Waals surface area contributed by atoms with E-state index in [-0.39, 0.29) is 23.2 Å². The van der Waals surface area contributed by atoms with Crippen molar-refractivity contribution in [2.45, 2.75) is 83.8 Å². The molecule has 28 heavy (non-hydrogen) atoms. The fourth-order valence-corrected chi connectivity index (χ4v) is 7.49. The number of hydrogen-bond donors (Lipinski definition) is 2. The molecule has 4 rings (SSSR count). The Morgan fingerprint density at radius 1 is 1.18 bits per heavy atom. The van der Waals surface area contributed by atoms with Crippen molar-refractivity contribution in [1.29, 1.82) is 0 Å². The summed E-state index contributed by atoms with van der Waals surface area (Å²) < 4.78 is 5.02. The van der Waals surface area contributed by atoms with Crippen molar-refractivity contribution in [3.05, 3.63) is 11.6 Å². The summed E-state index contributed by atoms with van der Waals surface area (Å²) in [6.45, 7) is 5.66. The molecule has 0 bridgehead atoms. The van der Waals surface area contributed by atoms with E-state index in [9.17, 15) is 19.8 Å². The Morgan fingerprint density at radius 2 is 1.89 bits per heavy atom. The van der Waals surface area contributed by atoms with E-state index < -0.39 is 17.7 Å². The highest BCUT2D eigenvalue weighted by atomic mass is 16.5. The van der Waals surface area contributed by atoms with Crippen LogP contribution in [0.25, 0.3) is 0 Å². The van der Waals surface area contributed by atoms with Gasteiger partial charge in [0.05, 0.1) is 5.60 Å². The van der Waals surface area contributed by atoms with Crippen LogP contribution in [0.1, 0.15) is 72.1 Å². The minimum absolute atomic E-state index is 0.106. The number of esters is 1. The van der Waals surface area contributed by atoms with Gasteiger partial charge >= 0.3 is 5.97 Å². The monoisotopic (exact) mass is 390 g/mol. The van der Waals surface area contributed by atoms with Gasteiger partial charge in [-0.1, -0.05) is 19.4 Å². The highest BCUT2D eigenvalue weighted by Crippen LogP contribution is 2.68. The van der Waals surface area contributed by atoms with E-state index in [2.05, 4.69) is 13.8 Å². The summed E-state index contributed by atoms with van der Waals surface area (Å²) in [5.74, 6) is 1.27. The Labute approximate surface area is 167 Å². The smallest absolute Gasteiger partial charge is 0.302 e. The fraction of sp³-hybridized carbons (Fsp3) is 0.826. The van der Waals surface area contributed by atoms with Gasteiger partial charge in [0.2, 0.25) is 0 Å². The number of carbonyl (C=O) groups is 2. The van der Waals surface area contributed by atoms with E-state index in [0.717, 1.165) is 38.5 Å². The fourth-order valence-electron chi connectivity index (χ4n) is 7.49. The molecule has 0 aliphatic heterocycles. The molecule has 0 radical (unpaired) electrons. The molecule has 5 nitrogen and oxygen atoms in total. The molecule has 0 saturated heterocycles. The minimum atomic E-state index is -1.21. The van der Waals surface area contributed by atoms with Gasteiger partial charge in [-0.25, -0.2) is 0 Å². The molecular formula is C23H34O5. The summed E-state index contributed by atoms with van der Waals surface area (Å²) in [4.78, 5) is 23.1. The molecule has 2 unspecified atom stereocenters. The summed E-state index contributed by atoms with van der Waals surface area (Å²) in [5, 5.41) is 22.3. The van der Waals surface area contributed by atoms with Crippen molar-refractivity contribution in [2.24, 2.45) is 28.6 Å². The molecule has 5 heteroatoms. The number of hydrogen-bond acceptors (Lipinski definition) is 5. The van der Waals surface area contributed by atoms with Gasteiger partial charge in [-0.05, 0) is 74.2 Å². The Hall–Kier alpha value is -1.20. The number of ketones is 1. The number of allylic oxidation sites excluding steroid dienone is 1. The van der Waals surface area contributed by atoms with Crippen molar-refractivity contribution in [2.75, 3.05) is 6.61 Å². The van der Waals surface area contributed by atoms with Crippen LogP contribution in [0.3, 0.4) is 0 Å². The van der Waals surface area contributed by atoms with Crippen LogP contribution in [-0.4, -0.2) is 40.3 Å². The van der Waals surface area contributed by atoms with Crippen LogP contribution in [-0.2, 0) is 14.3 Å². The average molecular weight is 391 g/mol. The molecule has 4 aliphatic carbocycles. The molecule has 156 valence electrons. The second kappa shape index (κ2) is 6.66. The molecule has 0 aromatic rings. The number of aliphatic hydroxyl groups is 2. The number of fused-ring (bicyclic) bond motifs is 5. The maximum Gasteiger partial charge on any atom is 0.302 e. The van der Waals surface area contributed by atoms with Crippen LogP contribution in [0.4, 0.5) is 0 Å². The average Bonchev–Trinajstić information content (AvgIpc) is 2.92. The first-order chi connectivity index (χ1) is 13.1. The quantitative estimate of drug-likeness (QED) is 0.723. The lowest BCUT2D eigenvalue weighted by molar-refractivity contribution is -0.191. The van der Waals surface area contributed by atoms with Gasteiger partial charge in [0.25, 0.3) is 0 Å². The minimum Gasteiger partial charge on any atom is -0.463 e. The van der Waals surface area contributed by atoms with E-state index in [4.69, 9.17) is 4.74 Å². The summed E-state index contributed by atoms with van der Waals surface area (Å²) in [6.07, 6.45) is 7.84. The number of rotatable bonds is 3. The molecule has 4 aliphatic rings. The molecule has 2 N–H and O–H groups in total. The van der Waals surface area contributed by atoms with E-state index in [1.807, 2.05) is 6.08 Å². The summed E-state index contributed by atoms with van der Waals surface area (Å²) in [6, 6.07) is 0. The normalized spacial score (nSPS) is 46.1. The Balaban J connectivity index is 1.59. The van der Waals surface area contributed by atoms with Crippen molar-refractivity contribution in [3.8, 4) is 0 Å². The van der Waals surface area contributed by atoms with Crippen molar-refractivity contribution < 1.29 is 24.5 Å². The zero-order valence-electron chi connectivity index (χ0n) is 17.4. The number of carbonyl (C=O) groups excluding carboxylic acids is 2. The third-order valence-corrected chi connectivity index (χ3v) is 9.17. The van der Waals surface area contributed by atoms with Crippen LogP contribution >= 0.6 is 0 Å². The van der Waals surface area contributed by atoms with Crippen molar-refractivity contribution in [1.82, 2.24) is 0 Å². The SMILES string of the molecule is CC(=O)OCC(O)C1(O)CC[C@H]2[C@@H]3CCC4=CC(=O)CC[C@]4(C)[C@H]3CC[C@@]21C. The molecule has 0 amide bonds. The van der Waals surface area contributed by atoms with E-state index in [1.54, 1.807) is 0 Å². The lowest BCUT2D eigenvalue weighted by Gasteiger charge is -2.59.